The van der Waals surface area contributed by atoms with E-state index in [1.54, 1.807) is 0 Å². The quantitative estimate of drug-likeness (QED) is 0.506. The number of ether oxygens (including phenoxy) is 2. The van der Waals surface area contributed by atoms with Gasteiger partial charge < -0.3 is 25.2 Å². The van der Waals surface area contributed by atoms with Crippen LogP contribution in [0.15, 0.2) is 48.5 Å². The number of carbonyl (C=O) groups is 3. The first kappa shape index (κ1) is 24.7. The third-order valence-electron chi connectivity index (χ3n) is 6.41. The van der Waals surface area contributed by atoms with E-state index in [1.165, 1.54) is 0 Å². The molecule has 2 aliphatic carbocycles. The van der Waals surface area contributed by atoms with Gasteiger partial charge in [-0.15, -0.1) is 0 Å². The predicted octanol–water partition coefficient (Wildman–Crippen LogP) is 3.55. The molecule has 0 aromatic heterocycles. The Kier molecular flexibility index (Phi) is 7.12. The van der Waals surface area contributed by atoms with Gasteiger partial charge in [0.15, 0.2) is 0 Å². The van der Waals surface area contributed by atoms with E-state index in [1.807, 2.05) is 57.2 Å². The standard InChI is InChI=1S/C27H32N2O6/c1-27(2,3)35-15-23(24(30)28-13-16-12-21(16)25(31)32)29-26(33)34-14-22-19-10-6-4-8-17(19)18-9-5-7-11-20(18)22/h4-11,16,21-23H,12-15H2,1-3H3,(H,28,30)(H,29,33)(H,31,32)/t16?,21?,23-/m0/s1. The van der Waals surface area contributed by atoms with Crippen LogP contribution in [0, 0.1) is 11.8 Å². The van der Waals surface area contributed by atoms with E-state index in [2.05, 4.69) is 22.8 Å². The van der Waals surface area contributed by atoms with Crippen LogP contribution in [0.25, 0.3) is 11.1 Å². The van der Waals surface area contributed by atoms with Crippen LogP contribution in [0.5, 0.6) is 0 Å². The molecule has 2 amide bonds. The van der Waals surface area contributed by atoms with Crippen molar-refractivity contribution in [2.45, 2.75) is 44.8 Å². The summed E-state index contributed by atoms with van der Waals surface area (Å²) in [6.45, 7) is 5.92. The van der Waals surface area contributed by atoms with Gasteiger partial charge in [0, 0.05) is 12.5 Å². The summed E-state index contributed by atoms with van der Waals surface area (Å²) in [6, 6.07) is 15.2. The lowest BCUT2D eigenvalue weighted by molar-refractivity contribution is -0.139. The Bertz CT molecular complexity index is 1060. The lowest BCUT2D eigenvalue weighted by Crippen LogP contribution is -2.51. The lowest BCUT2D eigenvalue weighted by atomic mass is 9.98. The molecule has 3 atom stereocenters. The fourth-order valence-corrected chi connectivity index (χ4v) is 4.43. The number of aliphatic carboxylic acids is 1. The molecule has 2 aromatic carbocycles. The van der Waals surface area contributed by atoms with E-state index >= 15 is 0 Å². The lowest BCUT2D eigenvalue weighted by Gasteiger charge is -2.25. The van der Waals surface area contributed by atoms with Gasteiger partial charge in [-0.1, -0.05) is 48.5 Å². The van der Waals surface area contributed by atoms with Gasteiger partial charge in [0.05, 0.1) is 18.1 Å². The average molecular weight is 481 g/mol. The molecule has 0 radical (unpaired) electrons. The minimum absolute atomic E-state index is 0.0352. The molecular weight excluding hydrogens is 448 g/mol. The molecule has 0 bridgehead atoms. The van der Waals surface area contributed by atoms with Crippen LogP contribution in [-0.2, 0) is 19.1 Å². The van der Waals surface area contributed by atoms with Crippen molar-refractivity contribution in [1.82, 2.24) is 10.6 Å². The van der Waals surface area contributed by atoms with E-state index in [4.69, 9.17) is 14.6 Å². The van der Waals surface area contributed by atoms with Crippen molar-refractivity contribution >= 4 is 18.0 Å². The van der Waals surface area contributed by atoms with Gasteiger partial charge in [-0.05, 0) is 55.4 Å². The van der Waals surface area contributed by atoms with Crippen LogP contribution in [0.3, 0.4) is 0 Å². The van der Waals surface area contributed by atoms with E-state index in [0.717, 1.165) is 22.3 Å². The van der Waals surface area contributed by atoms with E-state index in [0.29, 0.717) is 6.42 Å². The summed E-state index contributed by atoms with van der Waals surface area (Å²) in [4.78, 5) is 36.5. The second-order valence-electron chi connectivity index (χ2n) is 10.1. The minimum atomic E-state index is -0.966. The van der Waals surface area contributed by atoms with Crippen LogP contribution in [0.1, 0.15) is 44.2 Å². The zero-order chi connectivity index (χ0) is 25.2. The Balaban J connectivity index is 1.37. The molecule has 2 unspecified atom stereocenters. The van der Waals surface area contributed by atoms with Crippen molar-refractivity contribution in [1.29, 1.82) is 0 Å². The number of carboxylic acids is 1. The molecule has 0 spiro atoms. The highest BCUT2D eigenvalue weighted by Crippen LogP contribution is 2.44. The molecular formula is C27H32N2O6. The Labute approximate surface area is 205 Å². The van der Waals surface area contributed by atoms with Crippen molar-refractivity contribution in [3.05, 3.63) is 59.7 Å². The SMILES string of the molecule is CC(C)(C)OC[C@H](NC(=O)OCC1c2ccccc2-c2ccccc21)C(=O)NCC1CC1C(=O)O. The van der Waals surface area contributed by atoms with E-state index in [-0.39, 0.29) is 31.6 Å². The molecule has 186 valence electrons. The first-order valence-electron chi connectivity index (χ1n) is 11.9. The highest BCUT2D eigenvalue weighted by molar-refractivity contribution is 5.86. The van der Waals surface area contributed by atoms with E-state index in [9.17, 15) is 14.4 Å². The average Bonchev–Trinajstić information content (AvgIpc) is 3.54. The van der Waals surface area contributed by atoms with Gasteiger partial charge in [0.25, 0.3) is 0 Å². The zero-order valence-corrected chi connectivity index (χ0v) is 20.2. The van der Waals surface area contributed by atoms with Crippen LogP contribution < -0.4 is 10.6 Å². The van der Waals surface area contributed by atoms with Crippen LogP contribution in [0.4, 0.5) is 4.79 Å². The normalized spacial score (nSPS) is 19.3. The molecule has 1 saturated carbocycles. The van der Waals surface area contributed by atoms with Gasteiger partial charge in [0.2, 0.25) is 5.91 Å². The number of benzene rings is 2. The van der Waals surface area contributed by atoms with Crippen molar-refractivity contribution in [2.75, 3.05) is 19.8 Å². The Morgan fingerprint density at radius 2 is 1.63 bits per heavy atom. The Morgan fingerprint density at radius 1 is 1.03 bits per heavy atom. The third-order valence-corrected chi connectivity index (χ3v) is 6.41. The van der Waals surface area contributed by atoms with Gasteiger partial charge in [-0.25, -0.2) is 4.79 Å². The number of nitrogens with one attached hydrogen (secondary N) is 2. The van der Waals surface area contributed by atoms with Gasteiger partial charge >= 0.3 is 12.1 Å². The summed E-state index contributed by atoms with van der Waals surface area (Å²) in [5.74, 6) is -1.88. The molecule has 0 aliphatic heterocycles. The monoisotopic (exact) mass is 480 g/mol. The fourth-order valence-electron chi connectivity index (χ4n) is 4.43. The van der Waals surface area contributed by atoms with Crippen LogP contribution in [0.2, 0.25) is 0 Å². The van der Waals surface area contributed by atoms with Crippen molar-refractivity contribution in [3.63, 3.8) is 0 Å². The van der Waals surface area contributed by atoms with Crippen LogP contribution >= 0.6 is 0 Å². The number of alkyl carbamates (subject to hydrolysis) is 1. The largest absolute Gasteiger partial charge is 0.481 e. The maximum Gasteiger partial charge on any atom is 0.407 e. The first-order chi connectivity index (χ1) is 16.6. The number of amides is 2. The van der Waals surface area contributed by atoms with Gasteiger partial charge in [0.1, 0.15) is 12.6 Å². The molecule has 0 heterocycles. The molecule has 2 aliphatic rings. The van der Waals surface area contributed by atoms with Gasteiger partial charge in [-0.3, -0.25) is 9.59 Å². The minimum Gasteiger partial charge on any atom is -0.481 e. The number of hydrogen-bond acceptors (Lipinski definition) is 5. The second kappa shape index (κ2) is 10.1. The molecule has 1 fully saturated rings. The third kappa shape index (κ3) is 6.00. The highest BCUT2D eigenvalue weighted by atomic mass is 16.5. The maximum absolute atomic E-state index is 12.8. The second-order valence-corrected chi connectivity index (χ2v) is 10.1. The molecule has 4 rings (SSSR count). The van der Waals surface area contributed by atoms with E-state index < -0.39 is 35.5 Å². The van der Waals surface area contributed by atoms with Crippen molar-refractivity contribution in [3.8, 4) is 11.1 Å². The number of rotatable bonds is 9. The fraction of sp³-hybridized carbons (Fsp3) is 0.444. The summed E-state index contributed by atoms with van der Waals surface area (Å²) < 4.78 is 11.3. The summed E-state index contributed by atoms with van der Waals surface area (Å²) in [5.41, 5.74) is 3.96. The summed E-state index contributed by atoms with van der Waals surface area (Å²) >= 11 is 0. The van der Waals surface area contributed by atoms with Crippen LogP contribution in [-0.4, -0.2) is 54.5 Å². The number of fused-ring (bicyclic) bond motifs is 3. The van der Waals surface area contributed by atoms with Crippen molar-refractivity contribution in [2.24, 2.45) is 11.8 Å². The topological polar surface area (TPSA) is 114 Å². The van der Waals surface area contributed by atoms with Crippen molar-refractivity contribution < 1.29 is 29.0 Å². The summed E-state index contributed by atoms with van der Waals surface area (Å²) in [7, 11) is 0. The number of carbonyl (C=O) groups excluding carboxylic acids is 2. The molecule has 2 aromatic rings. The Morgan fingerprint density at radius 3 is 2.17 bits per heavy atom. The zero-order valence-electron chi connectivity index (χ0n) is 20.2. The Hall–Kier alpha value is -3.39. The number of carboxylic acid groups (broad SMARTS) is 1. The smallest absolute Gasteiger partial charge is 0.407 e. The number of hydrogen-bond donors (Lipinski definition) is 3. The summed E-state index contributed by atoms with van der Waals surface area (Å²) in [6.07, 6.45) is -0.169. The predicted molar refractivity (Wildman–Crippen MR) is 130 cm³/mol. The molecule has 0 saturated heterocycles. The molecule has 8 nitrogen and oxygen atoms in total. The highest BCUT2D eigenvalue weighted by Gasteiger charge is 2.43. The van der Waals surface area contributed by atoms with Gasteiger partial charge in [-0.2, -0.15) is 0 Å². The maximum atomic E-state index is 12.8. The molecule has 8 heteroatoms. The molecule has 35 heavy (non-hydrogen) atoms. The molecule has 3 N–H and O–H groups in total. The summed E-state index contributed by atoms with van der Waals surface area (Å²) in [5, 5.41) is 14.4. The first-order valence-corrected chi connectivity index (χ1v) is 11.9.